The highest BCUT2D eigenvalue weighted by Gasteiger charge is 2.40. The van der Waals surface area contributed by atoms with Crippen LogP contribution < -0.4 is 0 Å². The van der Waals surface area contributed by atoms with Crippen LogP contribution in [-0.4, -0.2) is 41.0 Å². The molecule has 0 bridgehead atoms. The van der Waals surface area contributed by atoms with Crippen LogP contribution >= 0.6 is 11.6 Å². The lowest BCUT2D eigenvalue weighted by molar-refractivity contribution is -0.0595. The number of fused-ring (bicyclic) bond motifs is 1. The minimum absolute atomic E-state index is 0.239. The van der Waals surface area contributed by atoms with Crippen molar-refractivity contribution in [3.8, 4) is 11.1 Å². The van der Waals surface area contributed by atoms with Crippen molar-refractivity contribution in [1.29, 1.82) is 0 Å². The summed E-state index contributed by atoms with van der Waals surface area (Å²) >= 11 is 5.95. The Morgan fingerprint density at radius 2 is 1.54 bits per heavy atom. The number of hydroxylamine groups is 2. The van der Waals surface area contributed by atoms with Gasteiger partial charge in [-0.1, -0.05) is 65.2 Å². The summed E-state index contributed by atoms with van der Waals surface area (Å²) in [6.07, 6.45) is 3.04. The molecule has 1 fully saturated rings. The summed E-state index contributed by atoms with van der Waals surface area (Å²) in [4.78, 5) is 45.3. The topological polar surface area (TPSA) is 66.9 Å². The fourth-order valence-electron chi connectivity index (χ4n) is 4.67. The summed E-state index contributed by atoms with van der Waals surface area (Å²) in [5.74, 6) is -0.727. The molecule has 178 valence electrons. The van der Waals surface area contributed by atoms with Gasteiger partial charge in [-0.3, -0.25) is 9.59 Å². The average molecular weight is 489 g/mol. The molecule has 3 amide bonds. The normalized spacial score (nSPS) is 15.9. The fourth-order valence-corrected chi connectivity index (χ4v) is 4.80. The van der Waals surface area contributed by atoms with Crippen LogP contribution in [0.1, 0.15) is 45.5 Å². The van der Waals surface area contributed by atoms with Gasteiger partial charge in [0, 0.05) is 18.1 Å². The van der Waals surface area contributed by atoms with Gasteiger partial charge in [0.1, 0.15) is 0 Å². The monoisotopic (exact) mass is 488 g/mol. The van der Waals surface area contributed by atoms with E-state index in [4.69, 9.17) is 16.4 Å². The maximum absolute atomic E-state index is 12.9. The minimum Gasteiger partial charge on any atom is -0.310 e. The molecule has 1 saturated heterocycles. The van der Waals surface area contributed by atoms with Gasteiger partial charge in [-0.2, -0.15) is 0 Å². The van der Waals surface area contributed by atoms with Crippen molar-refractivity contribution >= 4 is 29.5 Å². The van der Waals surface area contributed by atoms with Crippen LogP contribution in [0.3, 0.4) is 0 Å². The summed E-state index contributed by atoms with van der Waals surface area (Å²) in [6, 6.07) is 22.5. The molecule has 3 aromatic rings. The first-order chi connectivity index (χ1) is 17.0. The lowest BCUT2D eigenvalue weighted by Gasteiger charge is -2.31. The molecular formula is C28H25ClN2O4. The van der Waals surface area contributed by atoms with Crippen molar-refractivity contribution < 1.29 is 19.2 Å². The van der Waals surface area contributed by atoms with Crippen LogP contribution in [0.2, 0.25) is 5.02 Å². The first-order valence-corrected chi connectivity index (χ1v) is 12.2. The Balaban J connectivity index is 1.16. The lowest BCUT2D eigenvalue weighted by Crippen LogP contribution is -2.43. The van der Waals surface area contributed by atoms with Gasteiger partial charge in [0.25, 0.3) is 11.8 Å². The summed E-state index contributed by atoms with van der Waals surface area (Å²) < 4.78 is 0. The highest BCUT2D eigenvalue weighted by atomic mass is 35.5. The van der Waals surface area contributed by atoms with Gasteiger partial charge in [-0.15, -0.1) is 0 Å². The van der Waals surface area contributed by atoms with E-state index >= 15 is 0 Å². The molecule has 2 aliphatic heterocycles. The molecule has 0 atom stereocenters. The third-order valence-corrected chi connectivity index (χ3v) is 7.01. The molecule has 0 saturated carbocycles. The van der Waals surface area contributed by atoms with Crippen LogP contribution in [0.15, 0.2) is 72.8 Å². The molecule has 2 aliphatic rings. The van der Waals surface area contributed by atoms with Gasteiger partial charge in [0.2, 0.25) is 0 Å². The highest BCUT2D eigenvalue weighted by Crippen LogP contribution is 2.30. The number of carbonyl (C=O) groups excluding carboxylic acids is 3. The van der Waals surface area contributed by atoms with Crippen LogP contribution in [0, 0.1) is 5.92 Å². The summed E-state index contributed by atoms with van der Waals surface area (Å²) in [6.45, 7) is 1.07. The Kier molecular flexibility index (Phi) is 6.55. The number of halogens is 1. The first-order valence-electron chi connectivity index (χ1n) is 11.8. The van der Waals surface area contributed by atoms with E-state index in [1.165, 1.54) is 5.56 Å². The van der Waals surface area contributed by atoms with Crippen molar-refractivity contribution in [2.45, 2.75) is 25.7 Å². The maximum atomic E-state index is 12.9. The van der Waals surface area contributed by atoms with E-state index < -0.39 is 17.9 Å². The number of piperidine rings is 1. The molecule has 3 aromatic carbocycles. The third kappa shape index (κ3) is 4.93. The molecule has 0 radical (unpaired) electrons. The Morgan fingerprint density at radius 3 is 2.26 bits per heavy atom. The molecule has 6 nitrogen and oxygen atoms in total. The van der Waals surface area contributed by atoms with Crippen molar-refractivity contribution in [2.24, 2.45) is 5.92 Å². The number of rotatable bonds is 5. The first kappa shape index (κ1) is 23.1. The lowest BCUT2D eigenvalue weighted by atomic mass is 9.91. The van der Waals surface area contributed by atoms with Crippen LogP contribution in [0.25, 0.3) is 11.1 Å². The number of carbonyl (C=O) groups is 3. The zero-order chi connectivity index (χ0) is 24.4. The van der Waals surface area contributed by atoms with Gasteiger partial charge in [0.15, 0.2) is 0 Å². The van der Waals surface area contributed by atoms with Crippen molar-refractivity contribution in [1.82, 2.24) is 9.96 Å². The Bertz CT molecular complexity index is 1250. The Labute approximate surface area is 209 Å². The summed E-state index contributed by atoms with van der Waals surface area (Å²) in [5, 5.41) is 1.32. The van der Waals surface area contributed by atoms with Gasteiger partial charge >= 0.3 is 6.09 Å². The number of imide groups is 1. The van der Waals surface area contributed by atoms with E-state index in [1.54, 1.807) is 23.1 Å². The predicted molar refractivity (Wildman–Crippen MR) is 133 cm³/mol. The van der Waals surface area contributed by atoms with Crippen molar-refractivity contribution in [3.63, 3.8) is 0 Å². The largest absolute Gasteiger partial charge is 0.434 e. The molecule has 2 heterocycles. The SMILES string of the molecule is O=C(ON1C(=O)c2ccc(-c3ccccc3)cc2C1=O)N1CCC(CCc2ccc(Cl)cc2)CC1. The number of nitrogens with zero attached hydrogens (tertiary/aromatic N) is 2. The standard InChI is InChI=1S/C28H25ClN2O4/c29-23-11-8-19(9-12-23)6-7-20-14-16-30(17-15-20)28(34)35-31-26(32)24-13-10-22(18-25(24)27(31)33)21-4-2-1-3-5-21/h1-5,8-13,18,20H,6-7,14-17H2. The van der Waals surface area contributed by atoms with Crippen molar-refractivity contribution in [2.75, 3.05) is 13.1 Å². The van der Waals surface area contributed by atoms with E-state index in [9.17, 15) is 14.4 Å². The summed E-state index contributed by atoms with van der Waals surface area (Å²) in [5.41, 5.74) is 3.48. The van der Waals surface area contributed by atoms with Gasteiger partial charge in [-0.25, -0.2) is 4.79 Å². The highest BCUT2D eigenvalue weighted by molar-refractivity contribution is 6.30. The van der Waals surface area contributed by atoms with Crippen LogP contribution in [-0.2, 0) is 11.3 Å². The van der Waals surface area contributed by atoms with E-state index in [1.807, 2.05) is 54.6 Å². The zero-order valence-corrected chi connectivity index (χ0v) is 19.9. The maximum Gasteiger partial charge on any atom is 0.434 e. The number of hydrogen-bond donors (Lipinski definition) is 0. The minimum atomic E-state index is -0.668. The van der Waals surface area contributed by atoms with E-state index in [2.05, 4.69) is 0 Å². The van der Waals surface area contributed by atoms with E-state index in [0.29, 0.717) is 24.1 Å². The predicted octanol–water partition coefficient (Wildman–Crippen LogP) is 6.00. The Hall–Kier alpha value is -3.64. The van der Waals surface area contributed by atoms with Gasteiger partial charge in [-0.05, 0) is 72.6 Å². The number of likely N-dealkylation sites (tertiary alicyclic amines) is 1. The number of amides is 3. The number of aryl methyl sites for hydroxylation is 1. The molecule has 0 aromatic heterocycles. The molecule has 35 heavy (non-hydrogen) atoms. The van der Waals surface area contributed by atoms with Gasteiger partial charge < -0.3 is 9.74 Å². The fraction of sp³-hybridized carbons (Fsp3) is 0.250. The molecule has 0 spiro atoms. The smallest absolute Gasteiger partial charge is 0.310 e. The zero-order valence-electron chi connectivity index (χ0n) is 19.2. The average Bonchev–Trinajstić information content (AvgIpc) is 3.13. The second-order valence-corrected chi connectivity index (χ2v) is 9.42. The molecule has 5 rings (SSSR count). The molecule has 0 N–H and O–H groups in total. The summed E-state index contributed by atoms with van der Waals surface area (Å²) in [7, 11) is 0. The molecular weight excluding hydrogens is 464 g/mol. The quantitative estimate of drug-likeness (QED) is 0.413. The van der Waals surface area contributed by atoms with E-state index in [0.717, 1.165) is 41.8 Å². The van der Waals surface area contributed by atoms with Crippen LogP contribution in [0.5, 0.6) is 0 Å². The molecule has 0 unspecified atom stereocenters. The number of hydrogen-bond acceptors (Lipinski definition) is 4. The second kappa shape index (κ2) is 9.92. The third-order valence-electron chi connectivity index (χ3n) is 6.75. The van der Waals surface area contributed by atoms with E-state index in [-0.39, 0.29) is 11.1 Å². The molecule has 7 heteroatoms. The molecule has 0 aliphatic carbocycles. The van der Waals surface area contributed by atoms with Gasteiger partial charge in [0.05, 0.1) is 11.1 Å². The number of benzene rings is 3. The van der Waals surface area contributed by atoms with Crippen molar-refractivity contribution in [3.05, 3.63) is 94.5 Å². The Morgan fingerprint density at radius 1 is 0.857 bits per heavy atom. The second-order valence-electron chi connectivity index (χ2n) is 8.98. The van der Waals surface area contributed by atoms with Crippen LogP contribution in [0.4, 0.5) is 4.79 Å².